The van der Waals surface area contributed by atoms with Crippen molar-refractivity contribution in [3.63, 3.8) is 0 Å². The largest absolute Gasteiger partial charge is 0.361 e. The van der Waals surface area contributed by atoms with Crippen LogP contribution in [0.25, 0.3) is 21.9 Å². The third-order valence-electron chi connectivity index (χ3n) is 4.33. The predicted molar refractivity (Wildman–Crippen MR) is 105 cm³/mol. The Labute approximate surface area is 155 Å². The van der Waals surface area contributed by atoms with Gasteiger partial charge >= 0.3 is 0 Å². The molecule has 27 heavy (non-hydrogen) atoms. The number of benzene rings is 2. The molecule has 0 saturated heterocycles. The highest BCUT2D eigenvalue weighted by Gasteiger charge is 2.15. The van der Waals surface area contributed by atoms with Crippen molar-refractivity contribution < 1.29 is 4.79 Å². The van der Waals surface area contributed by atoms with E-state index in [1.54, 1.807) is 18.6 Å². The summed E-state index contributed by atoms with van der Waals surface area (Å²) in [5.41, 5.74) is 13.0. The van der Waals surface area contributed by atoms with Crippen LogP contribution in [-0.2, 0) is 11.2 Å². The number of aromatic nitrogens is 3. The van der Waals surface area contributed by atoms with E-state index in [1.165, 1.54) is 0 Å². The molecule has 0 aliphatic carbocycles. The molecular weight excluding hydrogens is 340 g/mol. The molecule has 2 aromatic carbocycles. The van der Waals surface area contributed by atoms with E-state index in [0.717, 1.165) is 33.1 Å². The number of hydrogen-bond donors (Lipinski definition) is 3. The van der Waals surface area contributed by atoms with Gasteiger partial charge in [0.2, 0.25) is 0 Å². The van der Waals surface area contributed by atoms with Gasteiger partial charge in [-0.25, -0.2) is 5.43 Å². The number of hydrazone groups is 1. The van der Waals surface area contributed by atoms with Gasteiger partial charge in [0, 0.05) is 29.5 Å². The van der Waals surface area contributed by atoms with Crippen LogP contribution in [0.4, 0.5) is 0 Å². The van der Waals surface area contributed by atoms with Crippen LogP contribution in [0.15, 0.2) is 66.2 Å². The molecule has 0 fully saturated rings. The van der Waals surface area contributed by atoms with Crippen molar-refractivity contribution in [2.45, 2.75) is 12.5 Å². The molecule has 7 nitrogen and oxygen atoms in total. The van der Waals surface area contributed by atoms with E-state index in [-0.39, 0.29) is 5.91 Å². The first kappa shape index (κ1) is 16.9. The SMILES string of the molecule is N[C@H](Cc1c[nH]c2ccccc12)C(=O)N/N=C/c1ccc2nccnc2c1. The normalized spacial score (nSPS) is 12.6. The molecule has 1 amide bonds. The smallest absolute Gasteiger partial charge is 0.257 e. The van der Waals surface area contributed by atoms with Crippen molar-refractivity contribution in [3.8, 4) is 0 Å². The van der Waals surface area contributed by atoms with Crippen molar-refractivity contribution in [1.29, 1.82) is 0 Å². The minimum Gasteiger partial charge on any atom is -0.361 e. The zero-order valence-corrected chi connectivity index (χ0v) is 14.5. The Morgan fingerprint density at radius 1 is 1.19 bits per heavy atom. The van der Waals surface area contributed by atoms with Gasteiger partial charge in [0.15, 0.2) is 0 Å². The van der Waals surface area contributed by atoms with Crippen LogP contribution in [0, 0.1) is 0 Å². The first-order valence-corrected chi connectivity index (χ1v) is 8.55. The molecule has 4 N–H and O–H groups in total. The summed E-state index contributed by atoms with van der Waals surface area (Å²) in [4.78, 5) is 23.9. The van der Waals surface area contributed by atoms with E-state index in [1.807, 2.05) is 48.7 Å². The fraction of sp³-hybridized carbons (Fsp3) is 0.100. The second-order valence-corrected chi connectivity index (χ2v) is 6.21. The van der Waals surface area contributed by atoms with Crippen LogP contribution in [-0.4, -0.2) is 33.1 Å². The van der Waals surface area contributed by atoms with E-state index in [0.29, 0.717) is 6.42 Å². The third kappa shape index (κ3) is 3.68. The Bertz CT molecular complexity index is 1130. The number of fused-ring (bicyclic) bond motifs is 2. The molecular formula is C20H18N6O. The van der Waals surface area contributed by atoms with E-state index in [2.05, 4.69) is 25.5 Å². The maximum absolute atomic E-state index is 12.2. The predicted octanol–water partition coefficient (Wildman–Crippen LogP) is 2.13. The summed E-state index contributed by atoms with van der Waals surface area (Å²) in [6, 6.07) is 12.8. The highest BCUT2D eigenvalue weighted by Crippen LogP contribution is 2.18. The van der Waals surface area contributed by atoms with Gasteiger partial charge in [0.25, 0.3) is 5.91 Å². The van der Waals surface area contributed by atoms with Crippen LogP contribution >= 0.6 is 0 Å². The van der Waals surface area contributed by atoms with Crippen LogP contribution < -0.4 is 11.2 Å². The molecule has 134 valence electrons. The monoisotopic (exact) mass is 358 g/mol. The van der Waals surface area contributed by atoms with Crippen molar-refractivity contribution in [2.24, 2.45) is 10.8 Å². The second kappa shape index (κ2) is 7.35. The van der Waals surface area contributed by atoms with Crippen LogP contribution in [0.3, 0.4) is 0 Å². The molecule has 2 aromatic heterocycles. The zero-order chi connectivity index (χ0) is 18.6. The molecule has 0 aliphatic heterocycles. The van der Waals surface area contributed by atoms with Crippen LogP contribution in [0.1, 0.15) is 11.1 Å². The summed E-state index contributed by atoms with van der Waals surface area (Å²) in [7, 11) is 0. The lowest BCUT2D eigenvalue weighted by molar-refractivity contribution is -0.122. The van der Waals surface area contributed by atoms with E-state index in [4.69, 9.17) is 5.73 Å². The fourth-order valence-electron chi connectivity index (χ4n) is 2.94. The molecule has 0 aliphatic rings. The molecule has 0 unspecified atom stereocenters. The molecule has 1 atom stereocenters. The average Bonchev–Trinajstić information content (AvgIpc) is 3.11. The number of amides is 1. The van der Waals surface area contributed by atoms with E-state index < -0.39 is 6.04 Å². The molecule has 4 aromatic rings. The van der Waals surface area contributed by atoms with Gasteiger partial charge in [-0.15, -0.1) is 0 Å². The molecule has 0 spiro atoms. The summed E-state index contributed by atoms with van der Waals surface area (Å²) >= 11 is 0. The minimum absolute atomic E-state index is 0.336. The number of para-hydroxylation sites is 1. The Kier molecular flexibility index (Phi) is 4.59. The first-order chi connectivity index (χ1) is 13.2. The Morgan fingerprint density at radius 3 is 2.89 bits per heavy atom. The summed E-state index contributed by atoms with van der Waals surface area (Å²) in [6.07, 6.45) is 7.15. The van der Waals surface area contributed by atoms with Gasteiger partial charge in [-0.05, 0) is 35.7 Å². The Balaban J connectivity index is 1.39. The first-order valence-electron chi connectivity index (χ1n) is 8.55. The number of nitrogens with one attached hydrogen (secondary N) is 2. The number of rotatable bonds is 5. The van der Waals surface area contributed by atoms with Crippen LogP contribution in [0.2, 0.25) is 0 Å². The summed E-state index contributed by atoms with van der Waals surface area (Å²) in [5.74, 6) is -0.336. The molecule has 4 rings (SSSR count). The van der Waals surface area contributed by atoms with Crippen molar-refractivity contribution in [3.05, 3.63) is 72.2 Å². The maximum atomic E-state index is 12.2. The lowest BCUT2D eigenvalue weighted by Crippen LogP contribution is -2.39. The van der Waals surface area contributed by atoms with E-state index in [9.17, 15) is 4.79 Å². The van der Waals surface area contributed by atoms with Gasteiger partial charge in [0.05, 0.1) is 23.3 Å². The fourth-order valence-corrected chi connectivity index (χ4v) is 2.94. The number of H-pyrrole nitrogens is 1. The number of carbonyl (C=O) groups excluding carboxylic acids is 1. The second-order valence-electron chi connectivity index (χ2n) is 6.21. The van der Waals surface area contributed by atoms with Gasteiger partial charge in [-0.1, -0.05) is 24.3 Å². The van der Waals surface area contributed by atoms with Crippen LogP contribution in [0.5, 0.6) is 0 Å². The van der Waals surface area contributed by atoms with Crippen molar-refractivity contribution in [1.82, 2.24) is 20.4 Å². The van der Waals surface area contributed by atoms with Crippen molar-refractivity contribution in [2.75, 3.05) is 0 Å². The summed E-state index contributed by atoms with van der Waals surface area (Å²) < 4.78 is 0. The molecule has 0 radical (unpaired) electrons. The number of nitrogens with zero attached hydrogens (tertiary/aromatic N) is 3. The van der Waals surface area contributed by atoms with Gasteiger partial charge < -0.3 is 10.7 Å². The lowest BCUT2D eigenvalue weighted by Gasteiger charge is -2.09. The highest BCUT2D eigenvalue weighted by atomic mass is 16.2. The molecule has 0 saturated carbocycles. The minimum atomic E-state index is -0.691. The maximum Gasteiger partial charge on any atom is 0.257 e. The number of aromatic amines is 1. The lowest BCUT2D eigenvalue weighted by atomic mass is 10.1. The third-order valence-corrected chi connectivity index (χ3v) is 4.33. The quantitative estimate of drug-likeness (QED) is 0.375. The molecule has 0 bridgehead atoms. The zero-order valence-electron chi connectivity index (χ0n) is 14.5. The highest BCUT2D eigenvalue weighted by molar-refractivity contribution is 5.89. The molecule has 7 heteroatoms. The average molecular weight is 358 g/mol. The summed E-state index contributed by atoms with van der Waals surface area (Å²) in [5, 5.41) is 5.07. The topological polar surface area (TPSA) is 109 Å². The number of nitrogens with two attached hydrogens (primary N) is 1. The summed E-state index contributed by atoms with van der Waals surface area (Å²) in [6.45, 7) is 0. The Morgan fingerprint density at radius 2 is 2.00 bits per heavy atom. The van der Waals surface area contributed by atoms with Gasteiger partial charge in [-0.3, -0.25) is 14.8 Å². The van der Waals surface area contributed by atoms with E-state index >= 15 is 0 Å². The number of carbonyl (C=O) groups is 1. The van der Waals surface area contributed by atoms with Crippen molar-refractivity contribution >= 4 is 34.1 Å². The number of hydrogen-bond acceptors (Lipinski definition) is 5. The molecule has 2 heterocycles. The van der Waals surface area contributed by atoms with Gasteiger partial charge in [0.1, 0.15) is 0 Å². The Hall–Kier alpha value is -3.58. The standard InChI is InChI=1S/C20H18N6O/c21-16(10-14-12-24-17-4-2-1-3-15(14)17)20(27)26-25-11-13-5-6-18-19(9-13)23-8-7-22-18/h1-9,11-12,16,24H,10,21H2,(H,26,27)/b25-11+/t16-/m1/s1. The van der Waals surface area contributed by atoms with Gasteiger partial charge in [-0.2, -0.15) is 5.10 Å².